The molecular formula is C16H19N3O. The highest BCUT2D eigenvalue weighted by atomic mass is 16.3. The number of nitrogens with zero attached hydrogens (tertiary/aromatic N) is 3. The van der Waals surface area contributed by atoms with Gasteiger partial charge in [-0.15, -0.1) is 0 Å². The van der Waals surface area contributed by atoms with Crippen molar-refractivity contribution in [2.24, 2.45) is 0 Å². The minimum absolute atomic E-state index is 0.0526. The predicted octanol–water partition coefficient (Wildman–Crippen LogP) is 2.86. The highest BCUT2D eigenvalue weighted by molar-refractivity contribution is 5.81. The topological polar surface area (TPSA) is 60.2 Å². The van der Waals surface area contributed by atoms with E-state index in [9.17, 15) is 5.11 Å². The van der Waals surface area contributed by atoms with Crippen LogP contribution in [0.4, 0.5) is 5.82 Å². The number of pyridine rings is 1. The maximum atomic E-state index is 9.60. The van der Waals surface area contributed by atoms with Crippen LogP contribution in [-0.2, 0) is 6.61 Å². The van der Waals surface area contributed by atoms with Gasteiger partial charge in [0, 0.05) is 23.5 Å². The van der Waals surface area contributed by atoms with E-state index in [1.165, 1.54) is 0 Å². The Kier molecular flexibility index (Phi) is 4.54. The Morgan fingerprint density at radius 3 is 2.75 bits per heavy atom. The number of rotatable bonds is 5. The van der Waals surface area contributed by atoms with Gasteiger partial charge >= 0.3 is 0 Å². The zero-order chi connectivity index (χ0) is 14.5. The summed E-state index contributed by atoms with van der Waals surface area (Å²) in [6, 6.07) is 12.2. The molecule has 0 aliphatic heterocycles. The smallest absolute Gasteiger partial charge is 0.135 e. The van der Waals surface area contributed by atoms with Gasteiger partial charge in [-0.2, -0.15) is 5.26 Å². The normalized spacial score (nSPS) is 10.8. The largest absolute Gasteiger partial charge is 0.392 e. The van der Waals surface area contributed by atoms with E-state index >= 15 is 0 Å². The number of aliphatic hydroxyl groups excluding tert-OH is 1. The molecular weight excluding hydrogens is 250 g/mol. The third kappa shape index (κ3) is 2.89. The molecule has 4 nitrogen and oxygen atoms in total. The summed E-state index contributed by atoms with van der Waals surface area (Å²) >= 11 is 0. The van der Waals surface area contributed by atoms with Crippen LogP contribution >= 0.6 is 0 Å². The fraction of sp³-hybridized carbons (Fsp3) is 0.375. The third-order valence-electron chi connectivity index (χ3n) is 3.31. The molecule has 0 aliphatic carbocycles. The van der Waals surface area contributed by atoms with Crippen molar-refractivity contribution in [1.82, 2.24) is 4.98 Å². The van der Waals surface area contributed by atoms with Crippen LogP contribution in [-0.4, -0.2) is 22.7 Å². The molecule has 1 aromatic heterocycles. The molecule has 2 rings (SSSR count). The fourth-order valence-corrected chi connectivity index (χ4v) is 2.29. The minimum Gasteiger partial charge on any atom is -0.392 e. The SMILES string of the molecule is CC(C)N(CCC#N)c1nc2ccccc2cc1CO. The Bertz CT molecular complexity index is 631. The maximum absolute atomic E-state index is 9.60. The fourth-order valence-electron chi connectivity index (χ4n) is 2.29. The summed E-state index contributed by atoms with van der Waals surface area (Å²) in [4.78, 5) is 6.75. The van der Waals surface area contributed by atoms with Crippen molar-refractivity contribution in [3.63, 3.8) is 0 Å². The van der Waals surface area contributed by atoms with Gasteiger partial charge in [0.25, 0.3) is 0 Å². The van der Waals surface area contributed by atoms with Crippen molar-refractivity contribution in [3.8, 4) is 6.07 Å². The molecule has 4 heteroatoms. The first-order valence-electron chi connectivity index (χ1n) is 6.80. The van der Waals surface area contributed by atoms with E-state index < -0.39 is 0 Å². The van der Waals surface area contributed by atoms with Crippen molar-refractivity contribution in [2.45, 2.75) is 32.9 Å². The first-order chi connectivity index (χ1) is 9.67. The van der Waals surface area contributed by atoms with E-state index in [4.69, 9.17) is 5.26 Å². The Hall–Kier alpha value is -2.12. The molecule has 1 N–H and O–H groups in total. The van der Waals surface area contributed by atoms with E-state index in [-0.39, 0.29) is 12.6 Å². The van der Waals surface area contributed by atoms with E-state index in [0.717, 1.165) is 22.3 Å². The van der Waals surface area contributed by atoms with Gasteiger partial charge in [-0.3, -0.25) is 0 Å². The molecule has 20 heavy (non-hydrogen) atoms. The molecule has 0 spiro atoms. The highest BCUT2D eigenvalue weighted by Crippen LogP contribution is 2.25. The Labute approximate surface area is 119 Å². The van der Waals surface area contributed by atoms with Crippen LogP contribution in [0.3, 0.4) is 0 Å². The van der Waals surface area contributed by atoms with Gasteiger partial charge in [-0.1, -0.05) is 18.2 Å². The van der Waals surface area contributed by atoms with Crippen molar-refractivity contribution in [1.29, 1.82) is 5.26 Å². The van der Waals surface area contributed by atoms with Crippen molar-refractivity contribution < 1.29 is 5.11 Å². The van der Waals surface area contributed by atoms with E-state index in [2.05, 4.69) is 29.8 Å². The van der Waals surface area contributed by atoms with Crippen LogP contribution in [0.5, 0.6) is 0 Å². The standard InChI is InChI=1S/C16H19N3O/c1-12(2)19(9-5-8-17)16-14(11-20)10-13-6-3-4-7-15(13)18-16/h3-4,6-7,10,12,20H,5,9,11H2,1-2H3. The molecule has 0 atom stereocenters. The number of benzene rings is 1. The monoisotopic (exact) mass is 269 g/mol. The van der Waals surface area contributed by atoms with Crippen molar-refractivity contribution in [3.05, 3.63) is 35.9 Å². The summed E-state index contributed by atoms with van der Waals surface area (Å²) in [5.74, 6) is 0.774. The third-order valence-corrected chi connectivity index (χ3v) is 3.31. The summed E-state index contributed by atoms with van der Waals surface area (Å²) in [6.07, 6.45) is 0.442. The maximum Gasteiger partial charge on any atom is 0.135 e. The average Bonchev–Trinajstić information content (AvgIpc) is 2.46. The summed E-state index contributed by atoms with van der Waals surface area (Å²) in [5, 5.41) is 19.4. The lowest BCUT2D eigenvalue weighted by Crippen LogP contribution is -2.33. The lowest BCUT2D eigenvalue weighted by Gasteiger charge is -2.29. The lowest BCUT2D eigenvalue weighted by atomic mass is 10.1. The zero-order valence-corrected chi connectivity index (χ0v) is 11.9. The average molecular weight is 269 g/mol. The van der Waals surface area contributed by atoms with Gasteiger partial charge in [0.15, 0.2) is 0 Å². The van der Waals surface area contributed by atoms with Gasteiger partial charge in [-0.25, -0.2) is 4.98 Å². The number of para-hydroxylation sites is 1. The molecule has 0 aliphatic rings. The molecule has 0 amide bonds. The molecule has 0 unspecified atom stereocenters. The van der Waals surface area contributed by atoms with Gasteiger partial charge in [0.05, 0.1) is 24.6 Å². The summed E-state index contributed by atoms with van der Waals surface area (Å²) in [5.41, 5.74) is 1.71. The molecule has 1 heterocycles. The predicted molar refractivity (Wildman–Crippen MR) is 80.4 cm³/mol. The Morgan fingerprint density at radius 1 is 1.35 bits per heavy atom. The number of hydrogen-bond acceptors (Lipinski definition) is 4. The molecule has 0 saturated heterocycles. The van der Waals surface area contributed by atoms with Crippen LogP contribution in [0.1, 0.15) is 25.8 Å². The zero-order valence-electron chi connectivity index (χ0n) is 11.9. The van der Waals surface area contributed by atoms with Crippen LogP contribution < -0.4 is 4.90 Å². The lowest BCUT2D eigenvalue weighted by molar-refractivity contribution is 0.281. The van der Waals surface area contributed by atoms with Gasteiger partial charge in [0.1, 0.15) is 5.82 Å². The van der Waals surface area contributed by atoms with E-state index in [1.54, 1.807) is 0 Å². The number of anilines is 1. The summed E-state index contributed by atoms with van der Waals surface area (Å²) in [7, 11) is 0. The van der Waals surface area contributed by atoms with E-state index in [1.807, 2.05) is 30.3 Å². The number of hydrogen-bond donors (Lipinski definition) is 1. The molecule has 0 saturated carbocycles. The summed E-state index contributed by atoms with van der Waals surface area (Å²) in [6.45, 7) is 4.69. The molecule has 104 valence electrons. The van der Waals surface area contributed by atoms with Crippen molar-refractivity contribution >= 4 is 16.7 Å². The molecule has 0 fully saturated rings. The first-order valence-corrected chi connectivity index (χ1v) is 6.80. The van der Waals surface area contributed by atoms with Crippen LogP contribution in [0.2, 0.25) is 0 Å². The molecule has 2 aromatic rings. The summed E-state index contributed by atoms with van der Waals surface area (Å²) < 4.78 is 0. The Balaban J connectivity index is 2.52. The Morgan fingerprint density at radius 2 is 2.10 bits per heavy atom. The van der Waals surface area contributed by atoms with Gasteiger partial charge in [0.2, 0.25) is 0 Å². The quantitative estimate of drug-likeness (QED) is 0.906. The van der Waals surface area contributed by atoms with Gasteiger partial charge in [-0.05, 0) is 26.0 Å². The van der Waals surface area contributed by atoms with Gasteiger partial charge < -0.3 is 10.0 Å². The number of fused-ring (bicyclic) bond motifs is 1. The van der Waals surface area contributed by atoms with Crippen LogP contribution in [0.25, 0.3) is 10.9 Å². The number of nitriles is 1. The second-order valence-electron chi connectivity index (χ2n) is 5.02. The van der Waals surface area contributed by atoms with Crippen LogP contribution in [0, 0.1) is 11.3 Å². The molecule has 1 aromatic carbocycles. The van der Waals surface area contributed by atoms with Crippen molar-refractivity contribution in [2.75, 3.05) is 11.4 Å². The number of aromatic nitrogens is 1. The highest BCUT2D eigenvalue weighted by Gasteiger charge is 2.16. The number of aliphatic hydroxyl groups is 1. The second-order valence-corrected chi connectivity index (χ2v) is 5.02. The first kappa shape index (κ1) is 14.3. The molecule has 0 bridgehead atoms. The van der Waals surface area contributed by atoms with Crippen LogP contribution in [0.15, 0.2) is 30.3 Å². The van der Waals surface area contributed by atoms with E-state index in [0.29, 0.717) is 13.0 Å². The molecule has 0 radical (unpaired) electrons. The second kappa shape index (κ2) is 6.36. The minimum atomic E-state index is -0.0526.